The molecule has 0 bridgehead atoms. The van der Waals surface area contributed by atoms with E-state index in [1.165, 1.54) is 0 Å². The van der Waals surface area contributed by atoms with Crippen molar-refractivity contribution in [2.24, 2.45) is 4.99 Å². The van der Waals surface area contributed by atoms with Gasteiger partial charge in [0, 0.05) is 24.9 Å². The van der Waals surface area contributed by atoms with Crippen LogP contribution in [0.4, 0.5) is 13.2 Å². The second-order valence-electron chi connectivity index (χ2n) is 6.30. The lowest BCUT2D eigenvalue weighted by atomic mass is 9.91. The van der Waals surface area contributed by atoms with Crippen molar-refractivity contribution in [1.29, 1.82) is 0 Å². The van der Waals surface area contributed by atoms with E-state index in [0.29, 0.717) is 17.5 Å². The van der Waals surface area contributed by atoms with Gasteiger partial charge in [0.1, 0.15) is 5.01 Å². The molecule has 4 nitrogen and oxygen atoms in total. The number of nitrogens with one attached hydrogen (secondary N) is 2. The zero-order valence-corrected chi connectivity index (χ0v) is 19.3. The smallest absolute Gasteiger partial charge is 0.355 e. The monoisotopic (exact) mass is 546 g/mol. The van der Waals surface area contributed by atoms with Gasteiger partial charge in [-0.05, 0) is 11.1 Å². The average Bonchev–Trinajstić information content (AvgIpc) is 3.22. The fraction of sp³-hybridized carbons (Fsp3) is 0.238. The van der Waals surface area contributed by atoms with Gasteiger partial charge in [-0.15, -0.1) is 35.3 Å². The molecule has 160 valence electrons. The van der Waals surface area contributed by atoms with Crippen LogP contribution in [0.1, 0.15) is 27.7 Å². The minimum Gasteiger partial charge on any atom is -0.355 e. The zero-order valence-electron chi connectivity index (χ0n) is 16.2. The Hall–Kier alpha value is -2.14. The Balaban J connectivity index is 0.00000320. The first-order valence-electron chi connectivity index (χ1n) is 9.03. The Morgan fingerprint density at radius 1 is 1.00 bits per heavy atom. The molecule has 0 fully saturated rings. The van der Waals surface area contributed by atoms with Gasteiger partial charge in [-0.3, -0.25) is 4.99 Å². The third-order valence-electron chi connectivity index (χ3n) is 4.35. The van der Waals surface area contributed by atoms with Crippen LogP contribution >= 0.6 is 35.3 Å². The molecular weight excluding hydrogens is 524 g/mol. The molecule has 30 heavy (non-hydrogen) atoms. The molecule has 0 spiro atoms. The summed E-state index contributed by atoms with van der Waals surface area (Å²) in [4.78, 5) is 7.79. The van der Waals surface area contributed by atoms with Crippen molar-refractivity contribution >= 4 is 41.3 Å². The van der Waals surface area contributed by atoms with Gasteiger partial charge in [0.25, 0.3) is 0 Å². The minimum absolute atomic E-state index is 0. The number of nitrogens with zero attached hydrogens (tertiary/aromatic N) is 2. The largest absolute Gasteiger partial charge is 0.434 e. The molecule has 0 saturated heterocycles. The molecule has 0 saturated carbocycles. The molecule has 2 N–H and O–H groups in total. The second-order valence-corrected chi connectivity index (χ2v) is 7.25. The highest BCUT2D eigenvalue weighted by Crippen LogP contribution is 2.30. The molecular formula is C21H22F3IN4S. The third kappa shape index (κ3) is 6.69. The minimum atomic E-state index is -4.42. The van der Waals surface area contributed by atoms with Crippen molar-refractivity contribution in [2.45, 2.75) is 18.6 Å². The standard InChI is InChI=1S/C21H21F3N4S.HI/c1-25-20(27-13-19-28-18(14-29-19)21(22,23)24)26-12-17(15-8-4-2-5-9-15)16-10-6-3-7-11-16;/h2-11,14,17H,12-13H2,1H3,(H2,25,26,27);1H. The summed E-state index contributed by atoms with van der Waals surface area (Å²) in [7, 11) is 1.62. The summed E-state index contributed by atoms with van der Waals surface area (Å²) in [5.41, 5.74) is 1.46. The molecule has 0 atom stereocenters. The number of aliphatic imine (C=N–C) groups is 1. The lowest BCUT2D eigenvalue weighted by molar-refractivity contribution is -0.140. The van der Waals surface area contributed by atoms with Gasteiger partial charge < -0.3 is 10.6 Å². The van der Waals surface area contributed by atoms with Crippen LogP contribution in [0.15, 0.2) is 71.0 Å². The molecule has 3 rings (SSSR count). The van der Waals surface area contributed by atoms with Crippen molar-refractivity contribution in [1.82, 2.24) is 15.6 Å². The number of hydrogen-bond acceptors (Lipinski definition) is 3. The summed E-state index contributed by atoms with van der Waals surface area (Å²) in [6, 6.07) is 20.2. The summed E-state index contributed by atoms with van der Waals surface area (Å²) in [5, 5.41) is 7.67. The Morgan fingerprint density at radius 3 is 2.03 bits per heavy atom. The number of guanidine groups is 1. The number of alkyl halides is 3. The first-order chi connectivity index (χ1) is 14.0. The first-order valence-corrected chi connectivity index (χ1v) is 9.91. The molecule has 0 amide bonds. The maximum absolute atomic E-state index is 12.7. The van der Waals surface area contributed by atoms with Crippen LogP contribution in [0.5, 0.6) is 0 Å². The fourth-order valence-corrected chi connectivity index (χ4v) is 3.64. The van der Waals surface area contributed by atoms with Gasteiger partial charge in [-0.25, -0.2) is 4.98 Å². The van der Waals surface area contributed by atoms with E-state index in [-0.39, 0.29) is 36.4 Å². The van der Waals surface area contributed by atoms with Crippen LogP contribution in [-0.2, 0) is 12.7 Å². The quantitative estimate of drug-likeness (QED) is 0.252. The van der Waals surface area contributed by atoms with Crippen LogP contribution in [0.3, 0.4) is 0 Å². The van der Waals surface area contributed by atoms with Crippen molar-refractivity contribution < 1.29 is 13.2 Å². The van der Waals surface area contributed by atoms with Crippen LogP contribution in [0.25, 0.3) is 0 Å². The highest BCUT2D eigenvalue weighted by atomic mass is 127. The molecule has 0 unspecified atom stereocenters. The summed E-state index contributed by atoms with van der Waals surface area (Å²) < 4.78 is 38.1. The fourth-order valence-electron chi connectivity index (χ4n) is 2.90. The van der Waals surface area contributed by atoms with E-state index < -0.39 is 11.9 Å². The van der Waals surface area contributed by atoms with Crippen molar-refractivity contribution in [3.63, 3.8) is 0 Å². The van der Waals surface area contributed by atoms with E-state index in [1.807, 2.05) is 36.4 Å². The van der Waals surface area contributed by atoms with E-state index in [4.69, 9.17) is 0 Å². The van der Waals surface area contributed by atoms with Crippen LogP contribution in [0, 0.1) is 0 Å². The number of benzene rings is 2. The van der Waals surface area contributed by atoms with E-state index in [1.54, 1.807) is 7.05 Å². The van der Waals surface area contributed by atoms with Crippen molar-refractivity contribution in [3.8, 4) is 0 Å². The number of aromatic nitrogens is 1. The zero-order chi connectivity index (χ0) is 20.7. The Kier molecular flexibility index (Phi) is 9.09. The maximum Gasteiger partial charge on any atom is 0.434 e. The molecule has 1 aromatic heterocycles. The lowest BCUT2D eigenvalue weighted by Crippen LogP contribution is -2.39. The summed E-state index contributed by atoms with van der Waals surface area (Å²) in [6.45, 7) is 0.751. The molecule has 1 heterocycles. The Morgan fingerprint density at radius 2 is 1.57 bits per heavy atom. The predicted octanol–water partition coefficient (Wildman–Crippen LogP) is 5.28. The van der Waals surface area contributed by atoms with Crippen molar-refractivity contribution in [2.75, 3.05) is 13.6 Å². The van der Waals surface area contributed by atoms with Gasteiger partial charge in [-0.2, -0.15) is 13.2 Å². The first kappa shape index (κ1) is 24.1. The van der Waals surface area contributed by atoms with Gasteiger partial charge in [0.15, 0.2) is 11.7 Å². The Labute approximate surface area is 194 Å². The molecule has 0 radical (unpaired) electrons. The number of halogens is 4. The van der Waals surface area contributed by atoms with E-state index in [2.05, 4.69) is 44.9 Å². The molecule has 0 aliphatic carbocycles. The summed E-state index contributed by atoms with van der Waals surface area (Å²) >= 11 is 0.971. The molecule has 9 heteroatoms. The maximum atomic E-state index is 12.7. The second kappa shape index (κ2) is 11.3. The highest BCUT2D eigenvalue weighted by Gasteiger charge is 2.33. The topological polar surface area (TPSA) is 49.3 Å². The average molecular weight is 546 g/mol. The number of rotatable bonds is 6. The molecule has 0 aliphatic heterocycles. The van der Waals surface area contributed by atoms with Crippen molar-refractivity contribution in [3.05, 3.63) is 87.9 Å². The lowest BCUT2D eigenvalue weighted by Gasteiger charge is -2.20. The van der Waals surface area contributed by atoms with E-state index in [0.717, 1.165) is 27.8 Å². The summed E-state index contributed by atoms with van der Waals surface area (Å²) in [6.07, 6.45) is -4.42. The molecule has 0 aliphatic rings. The van der Waals surface area contributed by atoms with Crippen LogP contribution < -0.4 is 10.6 Å². The van der Waals surface area contributed by atoms with E-state index in [9.17, 15) is 13.2 Å². The van der Waals surface area contributed by atoms with Gasteiger partial charge in [-0.1, -0.05) is 60.7 Å². The SMILES string of the molecule is CN=C(NCc1nc(C(F)(F)F)cs1)NCC(c1ccccc1)c1ccccc1.I. The number of thiazole rings is 1. The van der Waals surface area contributed by atoms with Gasteiger partial charge >= 0.3 is 6.18 Å². The van der Waals surface area contributed by atoms with Gasteiger partial charge in [0.05, 0.1) is 6.54 Å². The normalized spacial score (nSPS) is 11.8. The van der Waals surface area contributed by atoms with Crippen LogP contribution in [0.2, 0.25) is 0 Å². The van der Waals surface area contributed by atoms with Gasteiger partial charge in [0.2, 0.25) is 0 Å². The third-order valence-corrected chi connectivity index (χ3v) is 5.20. The van der Waals surface area contributed by atoms with Crippen LogP contribution in [-0.4, -0.2) is 24.5 Å². The molecule has 3 aromatic rings. The highest BCUT2D eigenvalue weighted by molar-refractivity contribution is 14.0. The number of hydrogen-bond donors (Lipinski definition) is 2. The Bertz CT molecular complexity index is 891. The predicted molar refractivity (Wildman–Crippen MR) is 125 cm³/mol. The molecule has 2 aromatic carbocycles. The summed E-state index contributed by atoms with van der Waals surface area (Å²) in [5.74, 6) is 0.610. The van der Waals surface area contributed by atoms with E-state index >= 15 is 0 Å².